The maximum Gasteiger partial charge on any atom is 0.263 e. The largest absolute Gasteiger partial charge is 0.377 e. The van der Waals surface area contributed by atoms with E-state index < -0.39 is 0 Å². The molecule has 140 valence electrons. The molecule has 0 amide bonds. The standard InChI is InChI=1S/C21H22N2O2S2/c1-3-11-23-20(24)17-14(2)18(15-8-5-4-6-9-15)27-19(17)22-21(23)26-13-16-10-7-12-25-16/h3-6,8-9,16H,1,7,10-13H2,2H3/t16-/m0/s1. The smallest absolute Gasteiger partial charge is 0.263 e. The molecule has 3 heterocycles. The van der Waals surface area contributed by atoms with Gasteiger partial charge in [-0.3, -0.25) is 9.36 Å². The molecular formula is C21H22N2O2S2. The SMILES string of the molecule is C=CCn1c(SC[C@@H]2CCCO2)nc2sc(-c3ccccc3)c(C)c2c1=O. The molecule has 1 aliphatic heterocycles. The number of thiophene rings is 1. The zero-order chi connectivity index (χ0) is 18.8. The third-order valence-electron chi connectivity index (χ3n) is 4.79. The van der Waals surface area contributed by atoms with Crippen LogP contribution in [0.25, 0.3) is 20.7 Å². The zero-order valence-electron chi connectivity index (χ0n) is 15.3. The van der Waals surface area contributed by atoms with Gasteiger partial charge in [0, 0.05) is 23.8 Å². The maximum absolute atomic E-state index is 13.2. The van der Waals surface area contributed by atoms with Crippen molar-refractivity contribution < 1.29 is 4.74 Å². The van der Waals surface area contributed by atoms with Gasteiger partial charge in [0.1, 0.15) is 4.83 Å². The lowest BCUT2D eigenvalue weighted by molar-refractivity contribution is 0.129. The summed E-state index contributed by atoms with van der Waals surface area (Å²) >= 11 is 3.21. The number of hydrogen-bond acceptors (Lipinski definition) is 5. The Hall–Kier alpha value is -1.89. The first-order valence-corrected chi connectivity index (χ1v) is 10.9. The first-order chi connectivity index (χ1) is 13.2. The summed E-state index contributed by atoms with van der Waals surface area (Å²) in [6.45, 7) is 7.13. The summed E-state index contributed by atoms with van der Waals surface area (Å²) in [4.78, 5) is 20.0. The van der Waals surface area contributed by atoms with Gasteiger partial charge in [-0.1, -0.05) is 48.2 Å². The molecule has 3 aromatic rings. The van der Waals surface area contributed by atoms with E-state index in [0.29, 0.717) is 6.54 Å². The Labute approximate surface area is 166 Å². The van der Waals surface area contributed by atoms with E-state index in [9.17, 15) is 4.79 Å². The minimum atomic E-state index is 0.0191. The van der Waals surface area contributed by atoms with Gasteiger partial charge in [-0.15, -0.1) is 17.9 Å². The summed E-state index contributed by atoms with van der Waals surface area (Å²) in [7, 11) is 0. The number of thioether (sulfide) groups is 1. The number of rotatable bonds is 6. The lowest BCUT2D eigenvalue weighted by Crippen LogP contribution is -2.23. The van der Waals surface area contributed by atoms with Crippen molar-refractivity contribution >= 4 is 33.3 Å². The van der Waals surface area contributed by atoms with E-state index in [-0.39, 0.29) is 11.7 Å². The molecule has 1 aromatic carbocycles. The Morgan fingerprint density at radius 2 is 2.22 bits per heavy atom. The van der Waals surface area contributed by atoms with Gasteiger partial charge in [0.25, 0.3) is 5.56 Å². The molecule has 1 saturated heterocycles. The second kappa shape index (κ2) is 8.00. The van der Waals surface area contributed by atoms with Crippen LogP contribution in [0.15, 0.2) is 52.9 Å². The monoisotopic (exact) mass is 398 g/mol. The number of allylic oxidation sites excluding steroid dienone is 1. The van der Waals surface area contributed by atoms with Crippen LogP contribution in [0.2, 0.25) is 0 Å². The summed E-state index contributed by atoms with van der Waals surface area (Å²) in [5, 5.41) is 1.48. The average Bonchev–Trinajstić information content (AvgIpc) is 3.31. The van der Waals surface area contributed by atoms with Gasteiger partial charge in [-0.25, -0.2) is 4.98 Å². The third kappa shape index (κ3) is 3.61. The summed E-state index contributed by atoms with van der Waals surface area (Å²) < 4.78 is 7.46. The van der Waals surface area contributed by atoms with E-state index in [2.05, 4.69) is 18.7 Å². The fourth-order valence-corrected chi connectivity index (χ4v) is 5.71. The summed E-state index contributed by atoms with van der Waals surface area (Å²) in [6.07, 6.45) is 4.20. The van der Waals surface area contributed by atoms with Crippen molar-refractivity contribution in [1.29, 1.82) is 0 Å². The molecule has 27 heavy (non-hydrogen) atoms. The molecule has 2 aromatic heterocycles. The van der Waals surface area contributed by atoms with Crippen molar-refractivity contribution in [3.8, 4) is 10.4 Å². The minimum absolute atomic E-state index is 0.0191. The van der Waals surface area contributed by atoms with Crippen molar-refractivity contribution in [2.75, 3.05) is 12.4 Å². The number of aromatic nitrogens is 2. The molecule has 1 atom stereocenters. The van der Waals surface area contributed by atoms with E-state index in [1.165, 1.54) is 0 Å². The van der Waals surface area contributed by atoms with E-state index in [4.69, 9.17) is 9.72 Å². The van der Waals surface area contributed by atoms with Crippen LogP contribution in [-0.2, 0) is 11.3 Å². The molecule has 0 radical (unpaired) electrons. The van der Waals surface area contributed by atoms with Crippen LogP contribution in [0.3, 0.4) is 0 Å². The highest BCUT2D eigenvalue weighted by atomic mass is 32.2. The van der Waals surface area contributed by atoms with E-state index >= 15 is 0 Å². The van der Waals surface area contributed by atoms with Crippen LogP contribution in [0.5, 0.6) is 0 Å². The molecule has 1 aliphatic rings. The topological polar surface area (TPSA) is 44.1 Å². The normalized spacial score (nSPS) is 16.9. The quantitative estimate of drug-likeness (QED) is 0.337. The van der Waals surface area contributed by atoms with Gasteiger partial charge in [-0.2, -0.15) is 0 Å². The van der Waals surface area contributed by atoms with E-state index in [1.54, 1.807) is 33.7 Å². The molecule has 0 N–H and O–H groups in total. The summed E-state index contributed by atoms with van der Waals surface area (Å²) in [5.41, 5.74) is 2.15. The van der Waals surface area contributed by atoms with Gasteiger partial charge in [0.05, 0.1) is 11.5 Å². The fourth-order valence-electron chi connectivity index (χ4n) is 3.41. The number of nitrogens with zero attached hydrogens (tertiary/aromatic N) is 2. The van der Waals surface area contributed by atoms with Gasteiger partial charge in [0.15, 0.2) is 5.16 Å². The first kappa shape index (κ1) is 18.5. The first-order valence-electron chi connectivity index (χ1n) is 9.13. The van der Waals surface area contributed by atoms with Crippen molar-refractivity contribution in [2.45, 2.75) is 37.6 Å². The van der Waals surface area contributed by atoms with Crippen LogP contribution in [0.4, 0.5) is 0 Å². The molecule has 4 nitrogen and oxygen atoms in total. The molecular weight excluding hydrogens is 376 g/mol. The average molecular weight is 399 g/mol. The van der Waals surface area contributed by atoms with Gasteiger partial charge < -0.3 is 4.74 Å². The van der Waals surface area contributed by atoms with Crippen molar-refractivity contribution in [1.82, 2.24) is 9.55 Å². The molecule has 1 fully saturated rings. The predicted octanol–water partition coefficient (Wildman–Crippen LogP) is 4.89. The van der Waals surface area contributed by atoms with Crippen molar-refractivity contribution in [2.24, 2.45) is 0 Å². The van der Waals surface area contributed by atoms with Gasteiger partial charge in [-0.05, 0) is 30.9 Å². The van der Waals surface area contributed by atoms with E-state index in [0.717, 1.165) is 56.6 Å². The molecule has 6 heteroatoms. The maximum atomic E-state index is 13.2. The molecule has 0 bridgehead atoms. The Morgan fingerprint density at radius 1 is 1.41 bits per heavy atom. The van der Waals surface area contributed by atoms with Crippen LogP contribution in [-0.4, -0.2) is 28.0 Å². The van der Waals surface area contributed by atoms with Crippen LogP contribution in [0, 0.1) is 6.92 Å². The highest BCUT2D eigenvalue weighted by Gasteiger charge is 2.21. The number of aryl methyl sites for hydroxylation is 1. The number of fused-ring (bicyclic) bond motifs is 1. The highest BCUT2D eigenvalue weighted by molar-refractivity contribution is 7.99. The lowest BCUT2D eigenvalue weighted by atomic mass is 10.1. The van der Waals surface area contributed by atoms with Gasteiger partial charge >= 0.3 is 0 Å². The van der Waals surface area contributed by atoms with Gasteiger partial charge in [0.2, 0.25) is 0 Å². The van der Waals surface area contributed by atoms with Crippen LogP contribution >= 0.6 is 23.1 Å². The number of hydrogen-bond donors (Lipinski definition) is 0. The van der Waals surface area contributed by atoms with Crippen molar-refractivity contribution in [3.05, 3.63) is 58.9 Å². The Kier molecular flexibility index (Phi) is 5.48. The predicted molar refractivity (Wildman–Crippen MR) is 114 cm³/mol. The van der Waals surface area contributed by atoms with Crippen LogP contribution < -0.4 is 5.56 Å². The summed E-state index contributed by atoms with van der Waals surface area (Å²) in [6, 6.07) is 10.2. The number of ether oxygens (including phenoxy) is 1. The Morgan fingerprint density at radius 3 is 2.93 bits per heavy atom. The van der Waals surface area contributed by atoms with E-state index in [1.807, 2.05) is 25.1 Å². The molecule has 0 spiro atoms. The Balaban J connectivity index is 1.79. The second-order valence-electron chi connectivity index (χ2n) is 6.65. The molecule has 4 rings (SSSR count). The van der Waals surface area contributed by atoms with Crippen molar-refractivity contribution in [3.63, 3.8) is 0 Å². The third-order valence-corrected chi connectivity index (χ3v) is 7.13. The molecule has 0 unspecified atom stereocenters. The van der Waals surface area contributed by atoms with Crippen LogP contribution in [0.1, 0.15) is 18.4 Å². The lowest BCUT2D eigenvalue weighted by Gasteiger charge is -2.12. The zero-order valence-corrected chi connectivity index (χ0v) is 16.9. The molecule has 0 aliphatic carbocycles. The minimum Gasteiger partial charge on any atom is -0.377 e. The Bertz CT molecular complexity index is 1020. The molecule has 0 saturated carbocycles. The fraction of sp³-hybridized carbons (Fsp3) is 0.333. The highest BCUT2D eigenvalue weighted by Crippen LogP contribution is 2.36. The summed E-state index contributed by atoms with van der Waals surface area (Å²) in [5.74, 6) is 0.824. The second-order valence-corrected chi connectivity index (χ2v) is 8.63. The number of benzene rings is 1.